The molecule has 1 N–H and O–H groups in total. The topological polar surface area (TPSA) is 62.2 Å². The van der Waals surface area contributed by atoms with Gasteiger partial charge in [0.25, 0.3) is 0 Å². The number of carbonyl (C=O) groups is 1. The molecule has 2 fully saturated rings. The van der Waals surface area contributed by atoms with E-state index in [4.69, 9.17) is 14.6 Å². The van der Waals surface area contributed by atoms with Gasteiger partial charge in [-0.1, -0.05) is 12.8 Å². The van der Waals surface area contributed by atoms with E-state index in [-0.39, 0.29) is 12.0 Å². The third-order valence-electron chi connectivity index (χ3n) is 5.10. The number of hydrogen-bond acceptors (Lipinski definition) is 5. The first kappa shape index (κ1) is 18.0. The number of aliphatic hydroxyl groups excluding tert-OH is 1. The number of aliphatic hydroxyl groups is 1. The highest BCUT2D eigenvalue weighted by Crippen LogP contribution is 2.25. The van der Waals surface area contributed by atoms with Crippen molar-refractivity contribution in [3.63, 3.8) is 0 Å². The number of nitrogens with zero attached hydrogens (tertiary/aromatic N) is 2. The van der Waals surface area contributed by atoms with Crippen LogP contribution in [0, 0.1) is 0 Å². The van der Waals surface area contributed by atoms with Crippen LogP contribution in [-0.4, -0.2) is 72.9 Å². The minimum Gasteiger partial charge on any atom is -0.497 e. The second-order valence-corrected chi connectivity index (χ2v) is 6.73. The molecule has 3 rings (SSSR count). The zero-order chi connectivity index (χ0) is 17.6. The zero-order valence-electron chi connectivity index (χ0n) is 14.9. The fourth-order valence-corrected chi connectivity index (χ4v) is 3.64. The van der Waals surface area contributed by atoms with Crippen LogP contribution in [-0.2, 0) is 14.3 Å². The van der Waals surface area contributed by atoms with Crippen molar-refractivity contribution in [2.24, 2.45) is 0 Å². The number of allylic oxidation sites excluding steroid dienone is 2. The summed E-state index contributed by atoms with van der Waals surface area (Å²) in [5.74, 6) is 0.610. The van der Waals surface area contributed by atoms with E-state index in [0.717, 1.165) is 37.4 Å². The predicted octanol–water partition coefficient (Wildman–Crippen LogP) is 1.43. The summed E-state index contributed by atoms with van der Waals surface area (Å²) in [5, 5.41) is 9.00. The Labute approximate surface area is 149 Å². The predicted molar refractivity (Wildman–Crippen MR) is 94.7 cm³/mol. The molecule has 25 heavy (non-hydrogen) atoms. The lowest BCUT2D eigenvalue weighted by molar-refractivity contribution is -0.135. The molecule has 1 saturated carbocycles. The number of hydrogen-bond donors (Lipinski definition) is 1. The second-order valence-electron chi connectivity index (χ2n) is 6.73. The van der Waals surface area contributed by atoms with E-state index in [2.05, 4.69) is 17.1 Å². The highest BCUT2D eigenvalue weighted by molar-refractivity contribution is 5.77. The number of amides is 1. The Morgan fingerprint density at radius 3 is 2.52 bits per heavy atom. The summed E-state index contributed by atoms with van der Waals surface area (Å²) in [6, 6.07) is 0. The van der Waals surface area contributed by atoms with E-state index in [1.807, 2.05) is 12.2 Å². The maximum absolute atomic E-state index is 11.6. The Hall–Kier alpha value is -1.79. The molecule has 6 heteroatoms. The number of piperazine rings is 1. The monoisotopic (exact) mass is 348 g/mol. The van der Waals surface area contributed by atoms with E-state index >= 15 is 0 Å². The summed E-state index contributed by atoms with van der Waals surface area (Å²) in [5.41, 5.74) is 1.10. The molecule has 0 bridgehead atoms. The van der Waals surface area contributed by atoms with Crippen LogP contribution in [0.15, 0.2) is 35.8 Å². The van der Waals surface area contributed by atoms with Crippen LogP contribution in [0.4, 0.5) is 0 Å². The minimum absolute atomic E-state index is 0.0971. The highest BCUT2D eigenvalue weighted by atomic mass is 16.5. The molecule has 1 saturated heterocycles. The van der Waals surface area contributed by atoms with E-state index in [1.54, 1.807) is 12.0 Å². The first-order valence-electron chi connectivity index (χ1n) is 9.14. The van der Waals surface area contributed by atoms with Crippen LogP contribution in [0.1, 0.15) is 25.7 Å². The molecule has 1 aliphatic heterocycles. The van der Waals surface area contributed by atoms with Crippen molar-refractivity contribution in [1.29, 1.82) is 0 Å². The first-order chi connectivity index (χ1) is 12.2. The smallest absolute Gasteiger partial charge is 0.248 e. The number of carbonyl (C=O) groups excluding carboxylic acids is 1. The molecule has 0 aromatic heterocycles. The van der Waals surface area contributed by atoms with E-state index in [0.29, 0.717) is 19.2 Å². The molecule has 1 unspecified atom stereocenters. The van der Waals surface area contributed by atoms with Crippen LogP contribution in [0.3, 0.4) is 0 Å². The number of methoxy groups -OCH3 is 1. The van der Waals surface area contributed by atoms with Crippen LogP contribution in [0.5, 0.6) is 0 Å². The SMILES string of the molecule is COC1=CC(OC2CCCC2)C=C(N2CCN(C(=O)CO)CC2)C=C1. The van der Waals surface area contributed by atoms with Gasteiger partial charge in [0.05, 0.1) is 13.2 Å². The standard InChI is InChI=1S/C19H28N2O4/c1-24-17-7-6-15(12-18(13-17)25-16-4-2-3-5-16)20-8-10-21(11-9-20)19(23)14-22/h6-7,12-13,16,18,22H,2-5,8-11,14H2,1H3. The van der Waals surface area contributed by atoms with Crippen molar-refractivity contribution >= 4 is 5.91 Å². The van der Waals surface area contributed by atoms with Crippen molar-refractivity contribution in [3.8, 4) is 0 Å². The van der Waals surface area contributed by atoms with Crippen LogP contribution < -0.4 is 0 Å². The van der Waals surface area contributed by atoms with Crippen LogP contribution >= 0.6 is 0 Å². The molecular weight excluding hydrogens is 320 g/mol. The average Bonchev–Trinajstić information content (AvgIpc) is 3.07. The van der Waals surface area contributed by atoms with E-state index in [1.165, 1.54) is 12.8 Å². The van der Waals surface area contributed by atoms with Gasteiger partial charge >= 0.3 is 0 Å². The van der Waals surface area contributed by atoms with Gasteiger partial charge in [0.1, 0.15) is 18.5 Å². The molecule has 138 valence electrons. The molecule has 1 atom stereocenters. The van der Waals surface area contributed by atoms with Crippen molar-refractivity contribution in [3.05, 3.63) is 35.8 Å². The fourth-order valence-electron chi connectivity index (χ4n) is 3.64. The molecular formula is C19H28N2O4. The lowest BCUT2D eigenvalue weighted by Crippen LogP contribution is -2.49. The molecule has 0 spiro atoms. The van der Waals surface area contributed by atoms with Gasteiger partial charge in [-0.2, -0.15) is 0 Å². The molecule has 0 aromatic rings. The zero-order valence-corrected chi connectivity index (χ0v) is 14.9. The summed E-state index contributed by atoms with van der Waals surface area (Å²) in [7, 11) is 1.67. The summed E-state index contributed by atoms with van der Waals surface area (Å²) in [6.07, 6.45) is 13.2. The molecule has 3 aliphatic rings. The Morgan fingerprint density at radius 1 is 1.16 bits per heavy atom. The maximum Gasteiger partial charge on any atom is 0.248 e. The Kier molecular flexibility index (Phi) is 6.15. The fraction of sp³-hybridized carbons (Fsp3) is 0.632. The number of rotatable bonds is 5. The van der Waals surface area contributed by atoms with Gasteiger partial charge in [0.15, 0.2) is 0 Å². The molecule has 6 nitrogen and oxygen atoms in total. The van der Waals surface area contributed by atoms with Gasteiger partial charge in [-0.25, -0.2) is 0 Å². The van der Waals surface area contributed by atoms with Gasteiger partial charge in [-0.05, 0) is 37.1 Å². The van der Waals surface area contributed by atoms with Crippen molar-refractivity contribution in [2.75, 3.05) is 39.9 Å². The van der Waals surface area contributed by atoms with Gasteiger partial charge in [-0.3, -0.25) is 4.79 Å². The summed E-state index contributed by atoms with van der Waals surface area (Å²) in [6.45, 7) is 2.34. The van der Waals surface area contributed by atoms with Crippen LogP contribution in [0.2, 0.25) is 0 Å². The number of ether oxygens (including phenoxy) is 2. The summed E-state index contributed by atoms with van der Waals surface area (Å²) < 4.78 is 11.7. The quantitative estimate of drug-likeness (QED) is 0.814. The van der Waals surface area contributed by atoms with E-state index < -0.39 is 6.61 Å². The molecule has 2 aliphatic carbocycles. The van der Waals surface area contributed by atoms with E-state index in [9.17, 15) is 4.79 Å². The lowest BCUT2D eigenvalue weighted by atomic mass is 10.2. The Morgan fingerprint density at radius 2 is 1.88 bits per heavy atom. The van der Waals surface area contributed by atoms with Crippen molar-refractivity contribution in [1.82, 2.24) is 9.80 Å². The normalized spacial score (nSPS) is 24.8. The first-order valence-corrected chi connectivity index (χ1v) is 9.14. The second kappa shape index (κ2) is 8.54. The average molecular weight is 348 g/mol. The van der Waals surface area contributed by atoms with Crippen LogP contribution in [0.25, 0.3) is 0 Å². The third-order valence-corrected chi connectivity index (χ3v) is 5.10. The van der Waals surface area contributed by atoms with Crippen molar-refractivity contribution in [2.45, 2.75) is 37.9 Å². The molecule has 0 aromatic carbocycles. The van der Waals surface area contributed by atoms with Gasteiger partial charge < -0.3 is 24.4 Å². The molecule has 1 heterocycles. The van der Waals surface area contributed by atoms with Gasteiger partial charge in [0, 0.05) is 31.9 Å². The summed E-state index contributed by atoms with van der Waals surface area (Å²) >= 11 is 0. The summed E-state index contributed by atoms with van der Waals surface area (Å²) in [4.78, 5) is 15.6. The van der Waals surface area contributed by atoms with Gasteiger partial charge in [-0.15, -0.1) is 0 Å². The largest absolute Gasteiger partial charge is 0.497 e. The highest BCUT2D eigenvalue weighted by Gasteiger charge is 2.24. The Bertz CT molecular complexity index is 556. The van der Waals surface area contributed by atoms with Gasteiger partial charge in [0.2, 0.25) is 5.91 Å². The third kappa shape index (κ3) is 4.64. The lowest BCUT2D eigenvalue weighted by Gasteiger charge is -2.36. The maximum atomic E-state index is 11.6. The molecule has 1 amide bonds. The van der Waals surface area contributed by atoms with Crippen molar-refractivity contribution < 1.29 is 19.4 Å². The minimum atomic E-state index is -0.416. The molecule has 0 radical (unpaired) electrons. The Balaban J connectivity index is 1.67.